The first-order valence-electron chi connectivity index (χ1n) is 3.85. The molecule has 0 aromatic rings. The van der Waals surface area contributed by atoms with Gasteiger partial charge in [-0.3, -0.25) is 4.90 Å². The molecule has 0 saturated carbocycles. The van der Waals surface area contributed by atoms with Crippen LogP contribution in [0.2, 0.25) is 0 Å². The Bertz CT molecular complexity index is 95.6. The van der Waals surface area contributed by atoms with Gasteiger partial charge in [-0.1, -0.05) is 0 Å². The predicted molar refractivity (Wildman–Crippen MR) is 39.9 cm³/mol. The fourth-order valence-corrected chi connectivity index (χ4v) is 1.32. The molecule has 0 radical (unpaired) electrons. The highest BCUT2D eigenvalue weighted by Crippen LogP contribution is 2.00. The van der Waals surface area contributed by atoms with Gasteiger partial charge in [0.05, 0.1) is 0 Å². The van der Waals surface area contributed by atoms with E-state index in [-0.39, 0.29) is 6.67 Å². The molecule has 1 N–H and O–H groups in total. The maximum absolute atomic E-state index is 11.9. The number of halogens is 1. The standard InChI is InChI=1S/C7H15FN2/c1-7-6-9-3-5-10(7)4-2-8/h7,9H,2-6H2,1H3/t7-/m0/s1. The number of nitrogens with zero attached hydrogens (tertiary/aromatic N) is 1. The van der Waals surface area contributed by atoms with E-state index in [4.69, 9.17) is 0 Å². The highest BCUT2D eigenvalue weighted by molar-refractivity contribution is 4.75. The molecule has 3 heteroatoms. The molecule has 0 spiro atoms. The summed E-state index contributed by atoms with van der Waals surface area (Å²) in [6.07, 6.45) is 0. The van der Waals surface area contributed by atoms with Gasteiger partial charge in [0.2, 0.25) is 0 Å². The second-order valence-corrected chi connectivity index (χ2v) is 2.78. The Morgan fingerprint density at radius 3 is 3.10 bits per heavy atom. The third-order valence-electron chi connectivity index (χ3n) is 2.01. The maximum Gasteiger partial charge on any atom is 0.102 e. The van der Waals surface area contributed by atoms with Crippen molar-refractivity contribution in [3.8, 4) is 0 Å². The van der Waals surface area contributed by atoms with Crippen LogP contribution in [0, 0.1) is 0 Å². The molecule has 1 atom stereocenters. The minimum absolute atomic E-state index is 0.218. The average molecular weight is 146 g/mol. The third-order valence-corrected chi connectivity index (χ3v) is 2.01. The fraction of sp³-hybridized carbons (Fsp3) is 1.00. The number of alkyl halides is 1. The normalized spacial score (nSPS) is 28.8. The fourth-order valence-electron chi connectivity index (χ4n) is 1.32. The molecule has 60 valence electrons. The molecule has 10 heavy (non-hydrogen) atoms. The van der Waals surface area contributed by atoms with Gasteiger partial charge in [-0.05, 0) is 6.92 Å². The molecule has 0 aromatic heterocycles. The van der Waals surface area contributed by atoms with Gasteiger partial charge in [-0.15, -0.1) is 0 Å². The molecule has 2 nitrogen and oxygen atoms in total. The van der Waals surface area contributed by atoms with Crippen molar-refractivity contribution in [1.82, 2.24) is 10.2 Å². The first-order chi connectivity index (χ1) is 4.84. The molecule has 1 fully saturated rings. The van der Waals surface area contributed by atoms with Gasteiger partial charge in [0.1, 0.15) is 6.67 Å². The van der Waals surface area contributed by atoms with E-state index < -0.39 is 0 Å². The van der Waals surface area contributed by atoms with Crippen LogP contribution in [0.5, 0.6) is 0 Å². The number of rotatable bonds is 2. The lowest BCUT2D eigenvalue weighted by molar-refractivity contribution is 0.161. The molecular weight excluding hydrogens is 131 g/mol. The van der Waals surface area contributed by atoms with Crippen LogP contribution in [0.1, 0.15) is 6.92 Å². The van der Waals surface area contributed by atoms with Crippen molar-refractivity contribution in [2.45, 2.75) is 13.0 Å². The number of piperazine rings is 1. The molecule has 0 amide bonds. The predicted octanol–water partition coefficient (Wildman–Crippen LogP) is 0.250. The van der Waals surface area contributed by atoms with Crippen molar-refractivity contribution < 1.29 is 4.39 Å². The maximum atomic E-state index is 11.9. The monoisotopic (exact) mass is 146 g/mol. The Balaban J connectivity index is 2.25. The van der Waals surface area contributed by atoms with Gasteiger partial charge in [-0.25, -0.2) is 4.39 Å². The molecular formula is C7H15FN2. The van der Waals surface area contributed by atoms with Crippen molar-refractivity contribution in [1.29, 1.82) is 0 Å². The van der Waals surface area contributed by atoms with E-state index in [0.29, 0.717) is 12.6 Å². The highest BCUT2D eigenvalue weighted by atomic mass is 19.1. The summed E-state index contributed by atoms with van der Waals surface area (Å²) in [5.41, 5.74) is 0. The van der Waals surface area contributed by atoms with Crippen LogP contribution >= 0.6 is 0 Å². The number of hydrogen-bond acceptors (Lipinski definition) is 2. The molecule has 0 bridgehead atoms. The van der Waals surface area contributed by atoms with Crippen LogP contribution in [0.4, 0.5) is 4.39 Å². The van der Waals surface area contributed by atoms with Crippen LogP contribution in [-0.2, 0) is 0 Å². The van der Waals surface area contributed by atoms with Crippen LogP contribution in [0.15, 0.2) is 0 Å². The molecule has 1 aliphatic heterocycles. The summed E-state index contributed by atoms with van der Waals surface area (Å²) in [4.78, 5) is 2.18. The lowest BCUT2D eigenvalue weighted by Gasteiger charge is -2.32. The van der Waals surface area contributed by atoms with E-state index in [2.05, 4.69) is 17.1 Å². The number of hydrogen-bond donors (Lipinski definition) is 1. The minimum atomic E-state index is -0.218. The van der Waals surface area contributed by atoms with E-state index >= 15 is 0 Å². The minimum Gasteiger partial charge on any atom is -0.314 e. The van der Waals surface area contributed by atoms with Crippen molar-refractivity contribution in [2.24, 2.45) is 0 Å². The summed E-state index contributed by atoms with van der Waals surface area (Å²) in [6.45, 7) is 5.50. The first kappa shape index (κ1) is 7.95. The Morgan fingerprint density at radius 1 is 1.70 bits per heavy atom. The second-order valence-electron chi connectivity index (χ2n) is 2.78. The summed E-state index contributed by atoms with van der Waals surface area (Å²) in [5, 5.41) is 3.26. The molecule has 0 aliphatic carbocycles. The topological polar surface area (TPSA) is 15.3 Å². The zero-order chi connectivity index (χ0) is 7.40. The zero-order valence-corrected chi connectivity index (χ0v) is 6.44. The lowest BCUT2D eigenvalue weighted by atomic mass is 10.2. The molecule has 1 heterocycles. The van der Waals surface area contributed by atoms with Crippen LogP contribution in [-0.4, -0.2) is 43.8 Å². The van der Waals surface area contributed by atoms with Crippen LogP contribution in [0.3, 0.4) is 0 Å². The smallest absolute Gasteiger partial charge is 0.102 e. The summed E-state index contributed by atoms with van der Waals surface area (Å²) in [7, 11) is 0. The molecule has 0 unspecified atom stereocenters. The summed E-state index contributed by atoms with van der Waals surface area (Å²) in [6, 6.07) is 0.504. The Morgan fingerprint density at radius 2 is 2.50 bits per heavy atom. The second kappa shape index (κ2) is 3.88. The zero-order valence-electron chi connectivity index (χ0n) is 6.44. The number of nitrogens with one attached hydrogen (secondary N) is 1. The Labute approximate surface area is 61.4 Å². The van der Waals surface area contributed by atoms with Crippen molar-refractivity contribution in [3.05, 3.63) is 0 Å². The van der Waals surface area contributed by atoms with Crippen LogP contribution < -0.4 is 5.32 Å². The van der Waals surface area contributed by atoms with Gasteiger partial charge in [0.15, 0.2) is 0 Å². The summed E-state index contributed by atoms with van der Waals surface area (Å²) < 4.78 is 11.9. The van der Waals surface area contributed by atoms with Gasteiger partial charge in [-0.2, -0.15) is 0 Å². The van der Waals surface area contributed by atoms with E-state index in [1.807, 2.05) is 0 Å². The van der Waals surface area contributed by atoms with Crippen molar-refractivity contribution >= 4 is 0 Å². The molecule has 1 saturated heterocycles. The SMILES string of the molecule is C[C@H]1CNCCN1CCF. The third kappa shape index (κ3) is 1.92. The quantitative estimate of drug-likeness (QED) is 0.600. The average Bonchev–Trinajstić information content (AvgIpc) is 1.94. The van der Waals surface area contributed by atoms with Gasteiger partial charge >= 0.3 is 0 Å². The summed E-state index contributed by atoms with van der Waals surface area (Å²) in [5.74, 6) is 0. The molecule has 1 aliphatic rings. The molecule has 0 aromatic carbocycles. The van der Waals surface area contributed by atoms with Crippen molar-refractivity contribution in [2.75, 3.05) is 32.9 Å². The van der Waals surface area contributed by atoms with E-state index in [1.165, 1.54) is 0 Å². The van der Waals surface area contributed by atoms with Gasteiger partial charge < -0.3 is 5.32 Å². The Hall–Kier alpha value is -0.150. The van der Waals surface area contributed by atoms with Gasteiger partial charge in [0, 0.05) is 32.2 Å². The van der Waals surface area contributed by atoms with E-state index in [0.717, 1.165) is 19.6 Å². The van der Waals surface area contributed by atoms with Crippen molar-refractivity contribution in [3.63, 3.8) is 0 Å². The van der Waals surface area contributed by atoms with Crippen LogP contribution in [0.25, 0.3) is 0 Å². The lowest BCUT2D eigenvalue weighted by Crippen LogP contribution is -2.50. The Kier molecular flexibility index (Phi) is 3.09. The van der Waals surface area contributed by atoms with E-state index in [9.17, 15) is 4.39 Å². The highest BCUT2D eigenvalue weighted by Gasteiger charge is 2.16. The molecule has 1 rings (SSSR count). The first-order valence-corrected chi connectivity index (χ1v) is 3.85. The largest absolute Gasteiger partial charge is 0.314 e. The van der Waals surface area contributed by atoms with Gasteiger partial charge in [0.25, 0.3) is 0 Å². The summed E-state index contributed by atoms with van der Waals surface area (Å²) >= 11 is 0. The van der Waals surface area contributed by atoms with E-state index in [1.54, 1.807) is 0 Å².